The maximum Gasteiger partial charge on any atom is 0.264 e. The molecule has 3 aromatic rings. The molecule has 3 aromatic carbocycles. The second kappa shape index (κ2) is 12.1. The van der Waals surface area contributed by atoms with E-state index in [9.17, 15) is 24.6 Å². The molecule has 1 aliphatic rings. The number of hydrogen-bond acceptors (Lipinski definition) is 5. The zero-order valence-electron chi connectivity index (χ0n) is 22.1. The molecule has 1 heterocycles. The van der Waals surface area contributed by atoms with Gasteiger partial charge in [0, 0.05) is 49.3 Å². The number of fused-ring (bicyclic) bond motifs is 1. The topological polar surface area (TPSA) is 110 Å². The van der Waals surface area contributed by atoms with Crippen LogP contribution in [0.1, 0.15) is 34.8 Å². The number of carbonyl (C=O) groups is 3. The Morgan fingerprint density at radius 2 is 1.72 bits per heavy atom. The fourth-order valence-corrected chi connectivity index (χ4v) is 4.78. The van der Waals surface area contributed by atoms with Crippen molar-refractivity contribution in [1.82, 2.24) is 4.90 Å². The van der Waals surface area contributed by atoms with Gasteiger partial charge in [0.15, 0.2) is 5.60 Å². The number of hydrogen-bond donors (Lipinski definition) is 3. The van der Waals surface area contributed by atoms with Crippen LogP contribution in [0, 0.1) is 5.92 Å². The smallest absolute Gasteiger partial charge is 0.264 e. The zero-order valence-corrected chi connectivity index (χ0v) is 22.1. The van der Waals surface area contributed by atoms with E-state index in [1.54, 1.807) is 73.5 Å². The van der Waals surface area contributed by atoms with E-state index >= 15 is 0 Å². The van der Waals surface area contributed by atoms with Crippen LogP contribution in [0.5, 0.6) is 0 Å². The molecule has 3 N–H and O–H groups in total. The number of rotatable bonds is 10. The van der Waals surface area contributed by atoms with Crippen molar-refractivity contribution in [3.8, 4) is 0 Å². The van der Waals surface area contributed by atoms with Gasteiger partial charge in [-0.3, -0.25) is 14.4 Å². The molecule has 0 fully saturated rings. The van der Waals surface area contributed by atoms with Gasteiger partial charge in [-0.1, -0.05) is 67.6 Å². The summed E-state index contributed by atoms with van der Waals surface area (Å²) in [7, 11) is 1.59. The summed E-state index contributed by atoms with van der Waals surface area (Å²) in [4.78, 5) is 41.7. The van der Waals surface area contributed by atoms with Crippen LogP contribution < -0.4 is 10.2 Å². The second-order valence-electron chi connectivity index (χ2n) is 9.63. The molecule has 39 heavy (non-hydrogen) atoms. The monoisotopic (exact) mass is 527 g/mol. The van der Waals surface area contributed by atoms with Gasteiger partial charge in [-0.15, -0.1) is 0 Å². The first-order chi connectivity index (χ1) is 18.8. The highest BCUT2D eigenvalue weighted by Crippen LogP contribution is 2.45. The van der Waals surface area contributed by atoms with Crippen LogP contribution in [0.3, 0.4) is 0 Å². The van der Waals surface area contributed by atoms with E-state index in [2.05, 4.69) is 5.32 Å². The molecule has 0 radical (unpaired) electrons. The van der Waals surface area contributed by atoms with Crippen molar-refractivity contribution in [2.75, 3.05) is 30.4 Å². The number of aliphatic hydroxyl groups excluding tert-OH is 1. The summed E-state index contributed by atoms with van der Waals surface area (Å²) >= 11 is 0. The van der Waals surface area contributed by atoms with Gasteiger partial charge in [-0.2, -0.15) is 0 Å². The molecule has 2 atom stereocenters. The van der Waals surface area contributed by atoms with Gasteiger partial charge in [-0.05, 0) is 35.9 Å². The molecule has 0 saturated heterocycles. The van der Waals surface area contributed by atoms with Gasteiger partial charge in [-0.25, -0.2) is 0 Å². The molecular weight excluding hydrogens is 494 g/mol. The zero-order chi connectivity index (χ0) is 28.0. The Morgan fingerprint density at radius 3 is 2.38 bits per heavy atom. The number of amides is 3. The number of nitrogens with zero attached hydrogens (tertiary/aromatic N) is 2. The van der Waals surface area contributed by atoms with Crippen molar-refractivity contribution < 1.29 is 24.6 Å². The van der Waals surface area contributed by atoms with Gasteiger partial charge < -0.3 is 25.3 Å². The largest absolute Gasteiger partial charge is 0.395 e. The Hall–Kier alpha value is -4.27. The SMILES string of the molecule is C[C@@H](/C=C/CC(=O)N(CCO)Cc1ccccc1)[C@]1(O)C(=O)N(C)c2ccc(NC(=O)c3ccccc3)cc21. The highest BCUT2D eigenvalue weighted by Gasteiger charge is 2.51. The third-order valence-corrected chi connectivity index (χ3v) is 7.01. The minimum absolute atomic E-state index is 0.0529. The van der Waals surface area contributed by atoms with Gasteiger partial charge >= 0.3 is 0 Å². The maximum atomic E-state index is 13.2. The summed E-state index contributed by atoms with van der Waals surface area (Å²) in [6.45, 7) is 2.14. The number of carbonyl (C=O) groups excluding carboxylic acids is 3. The van der Waals surface area contributed by atoms with Crippen molar-refractivity contribution in [3.05, 3.63) is 108 Å². The molecule has 0 spiro atoms. The van der Waals surface area contributed by atoms with Crippen molar-refractivity contribution in [2.45, 2.75) is 25.5 Å². The Labute approximate surface area is 228 Å². The first kappa shape index (κ1) is 27.8. The van der Waals surface area contributed by atoms with E-state index in [4.69, 9.17) is 0 Å². The van der Waals surface area contributed by atoms with Crippen LogP contribution in [-0.2, 0) is 21.7 Å². The molecule has 1 aliphatic heterocycles. The number of nitrogens with one attached hydrogen (secondary N) is 1. The van der Waals surface area contributed by atoms with Crippen LogP contribution >= 0.6 is 0 Å². The van der Waals surface area contributed by atoms with Gasteiger partial charge in [0.2, 0.25) is 5.91 Å². The van der Waals surface area contributed by atoms with Crippen molar-refractivity contribution >= 4 is 29.1 Å². The fraction of sp³-hybridized carbons (Fsp3) is 0.258. The third kappa shape index (κ3) is 5.92. The summed E-state index contributed by atoms with van der Waals surface area (Å²) < 4.78 is 0. The molecule has 3 amide bonds. The van der Waals surface area contributed by atoms with Crippen molar-refractivity contribution in [3.63, 3.8) is 0 Å². The lowest BCUT2D eigenvalue weighted by atomic mass is 9.82. The molecule has 0 unspecified atom stereocenters. The molecule has 8 nitrogen and oxygen atoms in total. The number of anilines is 2. The molecule has 0 aliphatic carbocycles. The van der Waals surface area contributed by atoms with Crippen LogP contribution in [0.25, 0.3) is 0 Å². The van der Waals surface area contributed by atoms with Crippen LogP contribution in [0.2, 0.25) is 0 Å². The second-order valence-corrected chi connectivity index (χ2v) is 9.63. The number of benzene rings is 3. The molecule has 0 saturated carbocycles. The normalized spacial score (nSPS) is 17.2. The lowest BCUT2D eigenvalue weighted by Gasteiger charge is -2.27. The standard InChI is InChI=1S/C31H33N3O5/c1-22(10-9-15-28(36)34(18-19-35)21-23-11-5-3-6-12-23)31(39)26-20-25(16-17-27(26)33(2)30(31)38)32-29(37)24-13-7-4-8-14-24/h3-14,16-17,20,22,35,39H,15,18-19,21H2,1-2H3,(H,32,37)/b10-9+/t22-,31+/m0/s1. The molecular formula is C31H33N3O5. The van der Waals surface area contributed by atoms with Crippen molar-refractivity contribution in [1.29, 1.82) is 0 Å². The average molecular weight is 528 g/mol. The summed E-state index contributed by atoms with van der Waals surface area (Å²) in [6.07, 6.45) is 3.36. The first-order valence-corrected chi connectivity index (χ1v) is 12.9. The summed E-state index contributed by atoms with van der Waals surface area (Å²) in [5.74, 6) is -1.63. The van der Waals surface area contributed by atoms with E-state index in [-0.39, 0.29) is 31.4 Å². The minimum Gasteiger partial charge on any atom is -0.395 e. The van der Waals surface area contributed by atoms with E-state index < -0.39 is 17.4 Å². The van der Waals surface area contributed by atoms with E-state index in [0.29, 0.717) is 29.0 Å². The Kier molecular flexibility index (Phi) is 8.59. The quantitative estimate of drug-likeness (QED) is 0.348. The predicted molar refractivity (Wildman–Crippen MR) is 150 cm³/mol. The van der Waals surface area contributed by atoms with Gasteiger partial charge in [0.05, 0.1) is 12.3 Å². The summed E-state index contributed by atoms with van der Waals surface area (Å²) in [5, 5.41) is 24.0. The van der Waals surface area contributed by atoms with E-state index in [0.717, 1.165) is 5.56 Å². The summed E-state index contributed by atoms with van der Waals surface area (Å²) in [6, 6.07) is 23.3. The molecule has 4 rings (SSSR count). The molecule has 8 heteroatoms. The van der Waals surface area contributed by atoms with Crippen molar-refractivity contribution in [2.24, 2.45) is 5.92 Å². The summed E-state index contributed by atoms with van der Waals surface area (Å²) in [5.41, 5.74) is 0.966. The minimum atomic E-state index is -1.87. The van der Waals surface area contributed by atoms with Crippen LogP contribution in [0.15, 0.2) is 91.0 Å². The first-order valence-electron chi connectivity index (χ1n) is 12.9. The predicted octanol–water partition coefficient (Wildman–Crippen LogP) is 3.71. The highest BCUT2D eigenvalue weighted by molar-refractivity contribution is 6.08. The van der Waals surface area contributed by atoms with Crippen LogP contribution in [-0.4, -0.2) is 53.0 Å². The fourth-order valence-electron chi connectivity index (χ4n) is 4.78. The van der Waals surface area contributed by atoms with Crippen LogP contribution in [0.4, 0.5) is 11.4 Å². The number of aliphatic hydroxyl groups is 2. The highest BCUT2D eigenvalue weighted by atomic mass is 16.3. The van der Waals surface area contributed by atoms with E-state index in [1.807, 2.05) is 36.4 Å². The lowest BCUT2D eigenvalue weighted by molar-refractivity contribution is -0.139. The molecule has 202 valence electrons. The molecule has 0 aromatic heterocycles. The lowest BCUT2D eigenvalue weighted by Crippen LogP contribution is -2.43. The average Bonchev–Trinajstić information content (AvgIpc) is 3.15. The maximum absolute atomic E-state index is 13.2. The van der Waals surface area contributed by atoms with Gasteiger partial charge in [0.25, 0.3) is 11.8 Å². The number of likely N-dealkylation sites (N-methyl/N-ethyl adjacent to an activating group) is 1. The molecule has 0 bridgehead atoms. The Morgan fingerprint density at radius 1 is 1.05 bits per heavy atom. The third-order valence-electron chi connectivity index (χ3n) is 7.01. The Balaban J connectivity index is 1.49. The Bertz CT molecular complexity index is 1360. The van der Waals surface area contributed by atoms with E-state index in [1.165, 1.54) is 4.90 Å². The van der Waals surface area contributed by atoms with Gasteiger partial charge in [0.1, 0.15) is 0 Å².